The Morgan fingerprint density at radius 1 is 1.09 bits per heavy atom. The number of aromatic nitrogens is 2. The van der Waals surface area contributed by atoms with Gasteiger partial charge in [0.05, 0.1) is 11.6 Å². The molecule has 4 rings (SSSR count). The number of nitrogens with one attached hydrogen (secondary N) is 1. The quantitative estimate of drug-likeness (QED) is 0.347. The first-order chi connectivity index (χ1) is 16.6. The van der Waals surface area contributed by atoms with Gasteiger partial charge in [-0.15, -0.1) is 0 Å². The molecule has 0 atom stereocenters. The van der Waals surface area contributed by atoms with Crippen LogP contribution in [0.1, 0.15) is 30.7 Å². The van der Waals surface area contributed by atoms with E-state index in [1.54, 1.807) is 0 Å². The van der Waals surface area contributed by atoms with Crippen molar-refractivity contribution in [2.75, 3.05) is 25.4 Å². The third-order valence-electron chi connectivity index (χ3n) is 5.88. The van der Waals surface area contributed by atoms with Gasteiger partial charge in [-0.3, -0.25) is 9.69 Å². The Bertz CT molecular complexity index is 1090. The van der Waals surface area contributed by atoms with Gasteiger partial charge in [0.1, 0.15) is 0 Å². The van der Waals surface area contributed by atoms with Crippen molar-refractivity contribution in [1.29, 1.82) is 0 Å². The van der Waals surface area contributed by atoms with E-state index in [2.05, 4.69) is 26.4 Å². The number of likely N-dealkylation sites (tertiary alicyclic amines) is 1. The topological polar surface area (TPSA) is 71.3 Å². The Morgan fingerprint density at radius 2 is 1.82 bits per heavy atom. The first kappa shape index (κ1) is 25.0. The fourth-order valence-corrected chi connectivity index (χ4v) is 5.41. The summed E-state index contributed by atoms with van der Waals surface area (Å²) in [6.45, 7) is 2.95. The van der Waals surface area contributed by atoms with E-state index in [9.17, 15) is 4.79 Å². The third-order valence-corrected chi connectivity index (χ3v) is 7.67. The molecule has 1 aromatic heterocycles. The molecule has 2 heterocycles. The highest BCUT2D eigenvalue weighted by molar-refractivity contribution is 7.98. The molecule has 6 nitrogen and oxygen atoms in total. The van der Waals surface area contributed by atoms with E-state index >= 15 is 0 Å². The predicted octanol–water partition coefficient (Wildman–Crippen LogP) is 5.70. The number of thioether (sulfide) groups is 1. The van der Waals surface area contributed by atoms with Crippen LogP contribution in [-0.4, -0.2) is 46.3 Å². The molecule has 1 amide bonds. The van der Waals surface area contributed by atoms with Gasteiger partial charge >= 0.3 is 0 Å². The Labute approximate surface area is 214 Å². The molecule has 0 unspecified atom stereocenters. The van der Waals surface area contributed by atoms with Crippen LogP contribution in [0.5, 0.6) is 0 Å². The number of amides is 1. The number of carbonyl (C=O) groups excluding carboxylic acids is 1. The number of halogens is 2. The van der Waals surface area contributed by atoms with Crippen molar-refractivity contribution in [3.05, 3.63) is 70.0 Å². The van der Waals surface area contributed by atoms with Gasteiger partial charge in [-0.05, 0) is 61.9 Å². The maximum Gasteiger partial charge on any atom is 0.241 e. The largest absolute Gasteiger partial charge is 0.356 e. The van der Waals surface area contributed by atoms with Crippen LogP contribution in [0.3, 0.4) is 0 Å². The van der Waals surface area contributed by atoms with Crippen LogP contribution in [0.4, 0.5) is 0 Å². The first-order valence-corrected chi connectivity index (χ1v) is 13.4. The van der Waals surface area contributed by atoms with Crippen LogP contribution in [0.2, 0.25) is 10.0 Å². The summed E-state index contributed by atoms with van der Waals surface area (Å²) < 4.78 is 5.42. The van der Waals surface area contributed by atoms with E-state index in [4.69, 9.17) is 27.7 Å². The number of rotatable bonds is 10. The number of hydrogen-bond acceptors (Lipinski definition) is 6. The van der Waals surface area contributed by atoms with Crippen molar-refractivity contribution in [2.24, 2.45) is 5.92 Å². The molecule has 0 saturated carbocycles. The molecule has 180 valence electrons. The Morgan fingerprint density at radius 3 is 2.59 bits per heavy atom. The summed E-state index contributed by atoms with van der Waals surface area (Å²) in [6, 6.07) is 15.4. The minimum Gasteiger partial charge on any atom is -0.356 e. The second-order valence-electron chi connectivity index (χ2n) is 8.33. The lowest BCUT2D eigenvalue weighted by molar-refractivity contribution is -0.126. The molecule has 1 N–H and O–H groups in total. The van der Waals surface area contributed by atoms with Gasteiger partial charge in [0.2, 0.25) is 17.6 Å². The highest BCUT2D eigenvalue weighted by Crippen LogP contribution is 2.26. The summed E-state index contributed by atoms with van der Waals surface area (Å²) in [6.07, 6.45) is 2.61. The summed E-state index contributed by atoms with van der Waals surface area (Å²) in [5.41, 5.74) is 1.92. The van der Waals surface area contributed by atoms with Crippen LogP contribution in [0.15, 0.2) is 53.1 Å². The van der Waals surface area contributed by atoms with Crippen LogP contribution >= 0.6 is 35.0 Å². The van der Waals surface area contributed by atoms with E-state index in [1.807, 2.05) is 54.2 Å². The highest BCUT2D eigenvalue weighted by Gasteiger charge is 2.26. The number of piperidine rings is 1. The molecule has 0 spiro atoms. The summed E-state index contributed by atoms with van der Waals surface area (Å²) in [5, 5.41) is 8.58. The molecule has 0 bridgehead atoms. The second kappa shape index (κ2) is 12.6. The van der Waals surface area contributed by atoms with Crippen LogP contribution in [0, 0.1) is 5.92 Å². The standard InChI is InChI=1S/C25H28Cl2N4O2S/c26-21-8-3-1-6-19(21)17-34-15-5-12-28-25(32)18-10-13-31(14-11-18)16-23-29-24(30-33-23)20-7-2-4-9-22(20)27/h1-4,6-9,18H,5,10-17H2,(H,28,32). The van der Waals surface area contributed by atoms with Crippen LogP contribution in [-0.2, 0) is 17.1 Å². The van der Waals surface area contributed by atoms with Crippen molar-refractivity contribution >= 4 is 40.9 Å². The lowest BCUT2D eigenvalue weighted by atomic mass is 9.96. The molecular weight excluding hydrogens is 491 g/mol. The summed E-state index contributed by atoms with van der Waals surface area (Å²) in [7, 11) is 0. The monoisotopic (exact) mass is 518 g/mol. The van der Waals surface area contributed by atoms with Crippen molar-refractivity contribution in [1.82, 2.24) is 20.4 Å². The predicted molar refractivity (Wildman–Crippen MR) is 138 cm³/mol. The van der Waals surface area contributed by atoms with Crippen molar-refractivity contribution in [2.45, 2.75) is 31.6 Å². The van der Waals surface area contributed by atoms with Gasteiger partial charge in [-0.1, -0.05) is 58.7 Å². The van der Waals surface area contributed by atoms with Crippen LogP contribution in [0.25, 0.3) is 11.4 Å². The zero-order valence-corrected chi connectivity index (χ0v) is 21.2. The highest BCUT2D eigenvalue weighted by atomic mass is 35.5. The smallest absolute Gasteiger partial charge is 0.241 e. The maximum atomic E-state index is 12.5. The number of carbonyl (C=O) groups is 1. The maximum absolute atomic E-state index is 12.5. The fourth-order valence-electron chi connectivity index (χ4n) is 3.94. The lowest BCUT2D eigenvalue weighted by Gasteiger charge is -2.30. The molecule has 1 aliphatic rings. The molecule has 1 fully saturated rings. The number of benzene rings is 2. The van der Waals surface area contributed by atoms with Crippen molar-refractivity contribution < 1.29 is 9.32 Å². The zero-order valence-electron chi connectivity index (χ0n) is 18.9. The first-order valence-electron chi connectivity index (χ1n) is 11.5. The third kappa shape index (κ3) is 6.98. The molecule has 3 aromatic rings. The van der Waals surface area contributed by atoms with E-state index in [-0.39, 0.29) is 11.8 Å². The second-order valence-corrected chi connectivity index (χ2v) is 10.3. The van der Waals surface area contributed by atoms with Gasteiger partial charge in [0, 0.05) is 28.8 Å². The minimum absolute atomic E-state index is 0.0633. The van der Waals surface area contributed by atoms with E-state index in [0.29, 0.717) is 29.8 Å². The normalized spacial score (nSPS) is 14.9. The van der Waals surface area contributed by atoms with Gasteiger partial charge in [0.25, 0.3) is 0 Å². The molecule has 1 aliphatic heterocycles. The summed E-state index contributed by atoms with van der Waals surface area (Å²) >= 11 is 14.3. The average molecular weight is 519 g/mol. The number of nitrogens with zero attached hydrogens (tertiary/aromatic N) is 3. The fraction of sp³-hybridized carbons (Fsp3) is 0.400. The van der Waals surface area contributed by atoms with Gasteiger partial charge in [-0.25, -0.2) is 0 Å². The van der Waals surface area contributed by atoms with Crippen molar-refractivity contribution in [3.8, 4) is 11.4 Å². The Hall–Kier alpha value is -2.06. The molecule has 0 aliphatic carbocycles. The van der Waals surface area contributed by atoms with Gasteiger partial charge < -0.3 is 9.84 Å². The average Bonchev–Trinajstić information content (AvgIpc) is 3.31. The summed E-state index contributed by atoms with van der Waals surface area (Å²) in [5.74, 6) is 3.17. The lowest BCUT2D eigenvalue weighted by Crippen LogP contribution is -2.40. The molecular formula is C25H28Cl2N4O2S. The molecule has 0 radical (unpaired) electrons. The van der Waals surface area contributed by atoms with Crippen molar-refractivity contribution in [3.63, 3.8) is 0 Å². The Balaban J connectivity index is 1.12. The van der Waals surface area contributed by atoms with E-state index in [0.717, 1.165) is 60.0 Å². The molecule has 2 aromatic carbocycles. The minimum atomic E-state index is 0.0633. The van der Waals surface area contributed by atoms with E-state index < -0.39 is 0 Å². The van der Waals surface area contributed by atoms with Gasteiger partial charge in [-0.2, -0.15) is 16.7 Å². The SMILES string of the molecule is O=C(NCCCSCc1ccccc1Cl)C1CCN(Cc2nc(-c3ccccc3Cl)no2)CC1. The molecule has 9 heteroatoms. The van der Waals surface area contributed by atoms with E-state index in [1.165, 1.54) is 0 Å². The number of hydrogen-bond donors (Lipinski definition) is 1. The zero-order chi connectivity index (χ0) is 23.8. The molecule has 34 heavy (non-hydrogen) atoms. The summed E-state index contributed by atoms with van der Waals surface area (Å²) in [4.78, 5) is 19.3. The molecule has 1 saturated heterocycles. The van der Waals surface area contributed by atoms with Crippen LogP contribution < -0.4 is 5.32 Å². The Kier molecular flexibility index (Phi) is 9.27. The van der Waals surface area contributed by atoms with Gasteiger partial charge in [0.15, 0.2) is 0 Å².